The highest BCUT2D eigenvalue weighted by atomic mass is 32.2. The number of hydrogen-bond donors (Lipinski definition) is 1. The lowest BCUT2D eigenvalue weighted by molar-refractivity contribution is -0.123. The van der Waals surface area contributed by atoms with Crippen LogP contribution in [-0.4, -0.2) is 43.8 Å². The molecule has 1 N–H and O–H groups in total. The Hall–Kier alpha value is -3.01. The molecule has 35 heavy (non-hydrogen) atoms. The monoisotopic (exact) mass is 506 g/mol. The fourth-order valence-corrected chi connectivity index (χ4v) is 5.45. The second-order valence-electron chi connectivity index (χ2n) is 8.88. The van der Waals surface area contributed by atoms with Gasteiger partial charge in [-0.15, -0.1) is 0 Å². The van der Waals surface area contributed by atoms with Gasteiger partial charge in [-0.25, -0.2) is 4.98 Å². The van der Waals surface area contributed by atoms with Crippen LogP contribution < -0.4 is 10.9 Å². The maximum absolute atomic E-state index is 13.5. The van der Waals surface area contributed by atoms with Crippen LogP contribution in [0.15, 0.2) is 52.3 Å². The summed E-state index contributed by atoms with van der Waals surface area (Å²) in [6, 6.07) is 11.9. The average molecular weight is 507 g/mol. The van der Waals surface area contributed by atoms with Crippen molar-refractivity contribution in [1.29, 1.82) is 0 Å². The van der Waals surface area contributed by atoms with Gasteiger partial charge in [0.1, 0.15) is 15.8 Å². The molecule has 2 aromatic heterocycles. The molecule has 4 heterocycles. The van der Waals surface area contributed by atoms with Gasteiger partial charge in [0.05, 0.1) is 23.1 Å². The number of anilines is 1. The summed E-state index contributed by atoms with van der Waals surface area (Å²) in [7, 11) is 0. The molecule has 0 spiro atoms. The van der Waals surface area contributed by atoms with Crippen LogP contribution in [0.1, 0.15) is 35.1 Å². The Kier molecular flexibility index (Phi) is 6.73. The third kappa shape index (κ3) is 5.03. The normalized spacial score (nSPS) is 19.3. The summed E-state index contributed by atoms with van der Waals surface area (Å²) in [6.07, 6.45) is 5.28. The Morgan fingerprint density at radius 3 is 2.69 bits per heavy atom. The molecule has 0 bridgehead atoms. The quantitative estimate of drug-likeness (QED) is 0.395. The number of pyridine rings is 1. The third-order valence-electron chi connectivity index (χ3n) is 6.15. The van der Waals surface area contributed by atoms with Gasteiger partial charge >= 0.3 is 0 Å². The van der Waals surface area contributed by atoms with E-state index < -0.39 is 0 Å². The molecular formula is C26H26N4O3S2. The smallest absolute Gasteiger partial charge is 0.267 e. The van der Waals surface area contributed by atoms with Crippen molar-refractivity contribution in [2.75, 3.05) is 18.5 Å². The zero-order valence-electron chi connectivity index (χ0n) is 19.6. The third-order valence-corrected chi connectivity index (χ3v) is 7.52. The van der Waals surface area contributed by atoms with Gasteiger partial charge in [0.15, 0.2) is 0 Å². The van der Waals surface area contributed by atoms with E-state index in [0.29, 0.717) is 46.0 Å². The number of nitrogens with zero attached hydrogens (tertiary/aromatic N) is 3. The number of fused-ring (bicyclic) bond motifs is 1. The number of carbonyl (C=O) groups is 1. The highest BCUT2D eigenvalue weighted by Crippen LogP contribution is 2.34. The Morgan fingerprint density at radius 1 is 1.17 bits per heavy atom. The summed E-state index contributed by atoms with van der Waals surface area (Å²) in [5.41, 5.74) is 3.81. The first-order valence-electron chi connectivity index (χ1n) is 11.6. The number of thiocarbonyl (C=S) groups is 1. The van der Waals surface area contributed by atoms with Crippen LogP contribution in [0.25, 0.3) is 11.7 Å². The minimum atomic E-state index is -0.241. The minimum Gasteiger partial charge on any atom is -0.376 e. The predicted octanol–water partition coefficient (Wildman–Crippen LogP) is 4.30. The molecule has 0 aliphatic carbocycles. The van der Waals surface area contributed by atoms with Gasteiger partial charge in [-0.05, 0) is 50.0 Å². The van der Waals surface area contributed by atoms with Crippen molar-refractivity contribution in [3.63, 3.8) is 0 Å². The molecule has 2 aliphatic rings. The summed E-state index contributed by atoms with van der Waals surface area (Å²) < 4.78 is 7.69. The number of ether oxygens (including phenoxy) is 1. The Bertz CT molecular complexity index is 1390. The van der Waals surface area contributed by atoms with E-state index in [0.717, 1.165) is 24.0 Å². The molecule has 1 unspecified atom stereocenters. The molecular weight excluding hydrogens is 480 g/mol. The molecule has 1 atom stereocenters. The molecule has 1 amide bonds. The van der Waals surface area contributed by atoms with Gasteiger partial charge in [0, 0.05) is 19.3 Å². The Balaban J connectivity index is 1.51. The van der Waals surface area contributed by atoms with Crippen molar-refractivity contribution >= 4 is 51.7 Å². The topological polar surface area (TPSA) is 75.9 Å². The molecule has 0 saturated carbocycles. The summed E-state index contributed by atoms with van der Waals surface area (Å²) >= 11 is 6.70. The van der Waals surface area contributed by atoms with Crippen LogP contribution in [0.3, 0.4) is 0 Å². The first-order valence-corrected chi connectivity index (χ1v) is 12.8. The zero-order valence-corrected chi connectivity index (χ0v) is 21.2. The van der Waals surface area contributed by atoms with Crippen molar-refractivity contribution in [1.82, 2.24) is 14.3 Å². The van der Waals surface area contributed by atoms with E-state index >= 15 is 0 Å². The number of carbonyl (C=O) groups excluding carboxylic acids is 1. The van der Waals surface area contributed by atoms with Gasteiger partial charge < -0.3 is 10.1 Å². The van der Waals surface area contributed by atoms with E-state index in [9.17, 15) is 9.59 Å². The van der Waals surface area contributed by atoms with Gasteiger partial charge in [-0.1, -0.05) is 59.9 Å². The van der Waals surface area contributed by atoms with Gasteiger partial charge in [0.25, 0.3) is 11.5 Å². The number of hydrogen-bond acceptors (Lipinski definition) is 7. The molecule has 1 aromatic carbocycles. The van der Waals surface area contributed by atoms with Crippen LogP contribution in [0.2, 0.25) is 0 Å². The van der Waals surface area contributed by atoms with Crippen LogP contribution >= 0.6 is 24.0 Å². The van der Waals surface area contributed by atoms with Crippen LogP contribution in [0.5, 0.6) is 0 Å². The number of benzene rings is 1. The summed E-state index contributed by atoms with van der Waals surface area (Å²) in [5, 5.41) is 3.31. The first-order chi connectivity index (χ1) is 16.9. The SMILES string of the molecule is Cc1ccc(CNc2nc3ccc(C)cn3c(=O)c2C=C2SC(=S)N(CC3CCCO3)C2=O)cc1. The van der Waals surface area contributed by atoms with Crippen molar-refractivity contribution < 1.29 is 9.53 Å². The number of amides is 1. The number of rotatable bonds is 6. The van der Waals surface area contributed by atoms with E-state index in [1.807, 2.05) is 50.2 Å². The van der Waals surface area contributed by atoms with E-state index in [-0.39, 0.29) is 17.6 Å². The Morgan fingerprint density at radius 2 is 1.94 bits per heavy atom. The van der Waals surface area contributed by atoms with E-state index in [1.165, 1.54) is 21.7 Å². The van der Waals surface area contributed by atoms with Crippen LogP contribution in [-0.2, 0) is 16.1 Å². The summed E-state index contributed by atoms with van der Waals surface area (Å²) in [5.74, 6) is 0.234. The molecule has 0 radical (unpaired) electrons. The van der Waals surface area contributed by atoms with Crippen molar-refractivity contribution in [2.45, 2.75) is 39.3 Å². The van der Waals surface area contributed by atoms with Crippen molar-refractivity contribution in [3.05, 3.63) is 80.1 Å². The van der Waals surface area contributed by atoms with E-state index in [4.69, 9.17) is 21.9 Å². The number of thioether (sulfide) groups is 1. The molecule has 5 rings (SSSR count). The van der Waals surface area contributed by atoms with Crippen molar-refractivity contribution in [3.8, 4) is 0 Å². The average Bonchev–Trinajstić information content (AvgIpc) is 3.45. The maximum Gasteiger partial charge on any atom is 0.267 e. The van der Waals surface area contributed by atoms with Crippen LogP contribution in [0, 0.1) is 13.8 Å². The fourth-order valence-electron chi connectivity index (χ4n) is 4.20. The second kappa shape index (κ2) is 9.93. The van der Waals surface area contributed by atoms with E-state index in [1.54, 1.807) is 17.2 Å². The predicted molar refractivity (Wildman–Crippen MR) is 144 cm³/mol. The highest BCUT2D eigenvalue weighted by molar-refractivity contribution is 8.26. The number of nitrogens with one attached hydrogen (secondary N) is 1. The lowest BCUT2D eigenvalue weighted by Gasteiger charge is -2.18. The molecule has 2 aliphatic heterocycles. The second-order valence-corrected chi connectivity index (χ2v) is 10.6. The van der Waals surface area contributed by atoms with Gasteiger partial charge in [0.2, 0.25) is 0 Å². The molecule has 7 nitrogen and oxygen atoms in total. The largest absolute Gasteiger partial charge is 0.376 e. The van der Waals surface area contributed by atoms with Gasteiger partial charge in [-0.3, -0.25) is 18.9 Å². The molecule has 9 heteroatoms. The first kappa shape index (κ1) is 23.7. The summed E-state index contributed by atoms with van der Waals surface area (Å²) in [4.78, 5) is 33.5. The lowest BCUT2D eigenvalue weighted by atomic mass is 10.1. The Labute approximate surface area is 213 Å². The van der Waals surface area contributed by atoms with E-state index in [2.05, 4.69) is 5.32 Å². The van der Waals surface area contributed by atoms with Crippen molar-refractivity contribution in [2.24, 2.45) is 0 Å². The van der Waals surface area contributed by atoms with Crippen LogP contribution in [0.4, 0.5) is 5.82 Å². The standard InChI is InChI=1S/C26H26N4O3S2/c1-16-5-8-18(9-6-16)13-27-23-20(24(31)29-14-17(2)7-10-22(29)28-23)12-21-25(32)30(26(34)35-21)15-19-4-3-11-33-19/h5-10,12,14,19,27H,3-4,11,13,15H2,1-2H3. The number of aryl methyl sites for hydroxylation is 2. The molecule has 2 saturated heterocycles. The number of aromatic nitrogens is 2. The maximum atomic E-state index is 13.5. The molecule has 2 fully saturated rings. The fraction of sp³-hybridized carbons (Fsp3) is 0.308. The lowest BCUT2D eigenvalue weighted by Crippen LogP contribution is -2.35. The molecule has 180 valence electrons. The van der Waals surface area contributed by atoms with Gasteiger partial charge in [-0.2, -0.15) is 0 Å². The minimum absolute atomic E-state index is 0.000442. The molecule has 3 aromatic rings. The highest BCUT2D eigenvalue weighted by Gasteiger charge is 2.35. The zero-order chi connectivity index (χ0) is 24.5. The summed E-state index contributed by atoms with van der Waals surface area (Å²) in [6.45, 7) is 5.61.